The number of rotatable bonds is 5. The molecule has 0 aliphatic rings. The lowest BCUT2D eigenvalue weighted by Crippen LogP contribution is -2.18. The highest BCUT2D eigenvalue weighted by Crippen LogP contribution is 2.24. The zero-order valence-electron chi connectivity index (χ0n) is 13.8. The molecule has 1 aromatic heterocycles. The van der Waals surface area contributed by atoms with Crippen molar-refractivity contribution in [1.29, 1.82) is 0 Å². The Morgan fingerprint density at radius 1 is 1.19 bits per heavy atom. The van der Waals surface area contributed by atoms with Crippen molar-refractivity contribution in [2.45, 2.75) is 11.3 Å². The third kappa shape index (κ3) is 4.67. The lowest BCUT2D eigenvalue weighted by Gasteiger charge is -2.12. The number of carbonyl (C=O) groups is 1. The molecule has 1 amide bonds. The van der Waals surface area contributed by atoms with Crippen LogP contribution < -0.4 is 10.5 Å². The van der Waals surface area contributed by atoms with Gasteiger partial charge in [0.15, 0.2) is 0 Å². The maximum atomic E-state index is 12.3. The third-order valence-corrected chi connectivity index (χ3v) is 5.19. The van der Waals surface area contributed by atoms with Crippen molar-refractivity contribution in [3.8, 4) is 5.69 Å². The number of nitrogens with zero attached hydrogens (tertiary/aromatic N) is 2. The van der Waals surface area contributed by atoms with E-state index in [0.717, 1.165) is 0 Å². The maximum absolute atomic E-state index is 12.3. The Hall–Kier alpha value is -2.39. The molecule has 0 saturated carbocycles. The molecule has 0 bridgehead atoms. The van der Waals surface area contributed by atoms with E-state index in [1.807, 2.05) is 0 Å². The molecule has 3 rings (SSSR count). The van der Waals surface area contributed by atoms with Gasteiger partial charge in [-0.3, -0.25) is 4.79 Å². The van der Waals surface area contributed by atoms with Crippen LogP contribution in [0.4, 0.5) is 5.69 Å². The summed E-state index contributed by atoms with van der Waals surface area (Å²) in [6.45, 7) is 0. The zero-order chi connectivity index (χ0) is 19.6. The van der Waals surface area contributed by atoms with E-state index < -0.39 is 10.0 Å². The summed E-state index contributed by atoms with van der Waals surface area (Å²) < 4.78 is 25.4. The second kappa shape index (κ2) is 7.69. The Balaban J connectivity index is 1.89. The number of hydrogen-bond acceptors (Lipinski definition) is 4. The fourth-order valence-corrected chi connectivity index (χ4v) is 3.59. The van der Waals surface area contributed by atoms with E-state index in [4.69, 9.17) is 28.3 Å². The number of hydrogen-bond donors (Lipinski definition) is 2. The van der Waals surface area contributed by atoms with Crippen LogP contribution in [0.1, 0.15) is 5.56 Å². The SMILES string of the molecule is NS(=O)(=O)c1cc(NC(=O)Cc2ccccc2Cl)ccc1-n1cnc(Cl)c1. The largest absolute Gasteiger partial charge is 0.326 e. The van der Waals surface area contributed by atoms with Gasteiger partial charge in [-0.05, 0) is 29.8 Å². The number of sulfonamides is 1. The number of nitrogens with two attached hydrogens (primary N) is 1. The maximum Gasteiger partial charge on any atom is 0.240 e. The average Bonchev–Trinajstić information content (AvgIpc) is 3.02. The first-order valence-corrected chi connectivity index (χ1v) is 9.94. The van der Waals surface area contributed by atoms with Gasteiger partial charge in [-0.2, -0.15) is 0 Å². The highest BCUT2D eigenvalue weighted by molar-refractivity contribution is 7.89. The van der Waals surface area contributed by atoms with E-state index in [1.54, 1.807) is 30.3 Å². The molecular formula is C17H14Cl2N4O3S. The van der Waals surface area contributed by atoms with Crippen molar-refractivity contribution in [3.05, 3.63) is 70.7 Å². The van der Waals surface area contributed by atoms with Gasteiger partial charge in [-0.15, -0.1) is 0 Å². The number of aromatic nitrogens is 2. The lowest BCUT2D eigenvalue weighted by molar-refractivity contribution is -0.115. The van der Waals surface area contributed by atoms with E-state index in [0.29, 0.717) is 10.6 Å². The van der Waals surface area contributed by atoms with Crippen LogP contribution in [0.15, 0.2) is 59.9 Å². The number of halogens is 2. The molecule has 140 valence electrons. The molecule has 0 atom stereocenters. The highest BCUT2D eigenvalue weighted by Gasteiger charge is 2.17. The van der Waals surface area contributed by atoms with Crippen LogP contribution >= 0.6 is 23.2 Å². The van der Waals surface area contributed by atoms with Gasteiger partial charge >= 0.3 is 0 Å². The quantitative estimate of drug-likeness (QED) is 0.655. The predicted octanol–water partition coefficient (Wildman–Crippen LogP) is 3.01. The summed E-state index contributed by atoms with van der Waals surface area (Å²) in [5.41, 5.74) is 1.21. The van der Waals surface area contributed by atoms with Gasteiger partial charge in [-0.25, -0.2) is 18.5 Å². The standard InChI is InChI=1S/C17H14Cl2N4O3S/c18-13-4-2-1-3-11(13)7-17(24)22-12-5-6-14(15(8-12)27(20,25)26)23-9-16(19)21-10-23/h1-6,8-10H,7H2,(H,22,24)(H2,20,25,26). The van der Waals surface area contributed by atoms with E-state index in [-0.39, 0.29) is 33.8 Å². The average molecular weight is 425 g/mol. The number of carbonyl (C=O) groups excluding carboxylic acids is 1. The molecule has 0 aliphatic heterocycles. The zero-order valence-corrected chi connectivity index (χ0v) is 16.1. The van der Waals surface area contributed by atoms with Crippen molar-refractivity contribution < 1.29 is 13.2 Å². The fraction of sp³-hybridized carbons (Fsp3) is 0.0588. The molecule has 0 fully saturated rings. The topological polar surface area (TPSA) is 107 Å². The Labute approximate surface area is 165 Å². The Morgan fingerprint density at radius 3 is 2.56 bits per heavy atom. The Kier molecular flexibility index (Phi) is 5.52. The fourth-order valence-electron chi connectivity index (χ4n) is 2.48. The van der Waals surface area contributed by atoms with Crippen LogP contribution in [0.5, 0.6) is 0 Å². The van der Waals surface area contributed by atoms with Gasteiger partial charge < -0.3 is 9.88 Å². The summed E-state index contributed by atoms with van der Waals surface area (Å²) in [6.07, 6.45) is 2.85. The number of anilines is 1. The molecule has 3 N–H and O–H groups in total. The molecule has 27 heavy (non-hydrogen) atoms. The normalized spacial score (nSPS) is 11.4. The minimum atomic E-state index is -4.06. The molecule has 0 radical (unpaired) electrons. The van der Waals surface area contributed by atoms with Crippen molar-refractivity contribution in [2.75, 3.05) is 5.32 Å². The molecule has 10 heteroatoms. The number of amides is 1. The minimum Gasteiger partial charge on any atom is -0.326 e. The Morgan fingerprint density at radius 2 is 1.93 bits per heavy atom. The van der Waals surface area contributed by atoms with Crippen LogP contribution in [-0.4, -0.2) is 23.9 Å². The van der Waals surface area contributed by atoms with Crippen molar-refractivity contribution in [1.82, 2.24) is 9.55 Å². The van der Waals surface area contributed by atoms with Gasteiger partial charge in [0, 0.05) is 16.9 Å². The second-order valence-electron chi connectivity index (χ2n) is 5.65. The van der Waals surface area contributed by atoms with E-state index in [9.17, 15) is 13.2 Å². The summed E-state index contributed by atoms with van der Waals surface area (Å²) in [5.74, 6) is -0.345. The molecule has 7 nitrogen and oxygen atoms in total. The number of primary sulfonamides is 1. The first-order valence-electron chi connectivity index (χ1n) is 7.64. The van der Waals surface area contributed by atoms with E-state index in [2.05, 4.69) is 10.3 Å². The third-order valence-electron chi connectivity index (χ3n) is 3.69. The van der Waals surface area contributed by atoms with Crippen LogP contribution in [0.2, 0.25) is 10.2 Å². The van der Waals surface area contributed by atoms with Crippen LogP contribution in [0, 0.1) is 0 Å². The van der Waals surface area contributed by atoms with Gasteiger partial charge in [0.1, 0.15) is 16.4 Å². The van der Waals surface area contributed by atoms with Crippen LogP contribution in [0.3, 0.4) is 0 Å². The van der Waals surface area contributed by atoms with Crippen molar-refractivity contribution in [3.63, 3.8) is 0 Å². The lowest BCUT2D eigenvalue weighted by atomic mass is 10.1. The minimum absolute atomic E-state index is 0.0449. The number of nitrogens with one attached hydrogen (secondary N) is 1. The molecule has 1 heterocycles. The van der Waals surface area contributed by atoms with Gasteiger partial charge in [0.25, 0.3) is 0 Å². The molecular weight excluding hydrogens is 411 g/mol. The first-order chi connectivity index (χ1) is 12.7. The van der Waals surface area contributed by atoms with E-state index >= 15 is 0 Å². The number of benzene rings is 2. The van der Waals surface area contributed by atoms with Gasteiger partial charge in [-0.1, -0.05) is 41.4 Å². The molecule has 3 aromatic rings. The summed E-state index contributed by atoms with van der Waals surface area (Å²) in [7, 11) is -4.06. The molecule has 2 aromatic carbocycles. The second-order valence-corrected chi connectivity index (χ2v) is 7.97. The molecule has 0 saturated heterocycles. The highest BCUT2D eigenvalue weighted by atomic mass is 35.5. The van der Waals surface area contributed by atoms with Gasteiger partial charge in [0.2, 0.25) is 15.9 Å². The molecule has 0 aliphatic carbocycles. The van der Waals surface area contributed by atoms with Crippen LogP contribution in [0.25, 0.3) is 5.69 Å². The smallest absolute Gasteiger partial charge is 0.240 e. The summed E-state index contributed by atoms with van der Waals surface area (Å²) >= 11 is 11.8. The Bertz CT molecular complexity index is 1110. The summed E-state index contributed by atoms with van der Waals surface area (Å²) in [4.78, 5) is 15.9. The monoisotopic (exact) mass is 424 g/mol. The summed E-state index contributed by atoms with van der Waals surface area (Å²) in [5, 5.41) is 8.64. The molecule has 0 unspecified atom stereocenters. The van der Waals surface area contributed by atoms with E-state index in [1.165, 1.54) is 29.2 Å². The van der Waals surface area contributed by atoms with Crippen molar-refractivity contribution >= 4 is 44.8 Å². The predicted molar refractivity (Wildman–Crippen MR) is 104 cm³/mol. The first kappa shape index (κ1) is 19.4. The molecule has 0 spiro atoms. The van der Waals surface area contributed by atoms with Crippen LogP contribution in [-0.2, 0) is 21.2 Å². The number of imidazole rings is 1. The summed E-state index contributed by atoms with van der Waals surface area (Å²) in [6, 6.07) is 11.3. The van der Waals surface area contributed by atoms with Crippen molar-refractivity contribution in [2.24, 2.45) is 5.14 Å². The van der Waals surface area contributed by atoms with Gasteiger partial charge in [0.05, 0.1) is 12.1 Å².